The molecule has 0 unspecified atom stereocenters. The maximum Gasteiger partial charge on any atom is 0.247 e. The van der Waals surface area contributed by atoms with Gasteiger partial charge in [-0.2, -0.15) is 4.99 Å². The lowest BCUT2D eigenvalue weighted by Gasteiger charge is -2.20. The molecule has 10 heteroatoms. The molecule has 35 heavy (non-hydrogen) atoms. The second-order valence-electron chi connectivity index (χ2n) is 7.37. The zero-order valence-electron chi connectivity index (χ0n) is 20.4. The van der Waals surface area contributed by atoms with Crippen LogP contribution in [0.4, 0.5) is 17.1 Å². The van der Waals surface area contributed by atoms with Crippen LogP contribution in [-0.4, -0.2) is 38.0 Å². The van der Waals surface area contributed by atoms with Gasteiger partial charge in [0.05, 0.1) is 23.5 Å². The monoisotopic (exact) mass is 515 g/mol. The smallest absolute Gasteiger partial charge is 0.247 e. The predicted octanol–water partition coefficient (Wildman–Crippen LogP) is 5.86. The van der Waals surface area contributed by atoms with E-state index in [0.717, 1.165) is 5.30 Å². The number of carbonyl (C=O) groups excluding carboxylic acids is 1. The number of anilines is 3. The molecule has 0 aliphatic carbocycles. The van der Waals surface area contributed by atoms with Crippen LogP contribution < -0.4 is 26.0 Å². The second-order valence-corrected chi connectivity index (χ2v) is 11.5. The summed E-state index contributed by atoms with van der Waals surface area (Å²) < 4.78 is 18.8. The van der Waals surface area contributed by atoms with Crippen molar-refractivity contribution in [2.24, 2.45) is 9.98 Å². The standard InChI is InChI=1S/C25H31ClN5O3P/c1-7-23(32)28-18-14-15-21(34-6)20(16-18)30-25(27-5)31-24(17(4)26)29-19-12-10-11-13-22(19)35(33,8-2)9-3/h7,10-16,29H,1,5,8-9H2,2-4,6H3,(H,28,32)(H,30,31)/b24-17+. The maximum absolute atomic E-state index is 13.4. The highest BCUT2D eigenvalue weighted by Crippen LogP contribution is 2.45. The van der Waals surface area contributed by atoms with Gasteiger partial charge in [-0.15, -0.1) is 0 Å². The minimum atomic E-state index is -2.57. The van der Waals surface area contributed by atoms with Crippen LogP contribution in [0, 0.1) is 0 Å². The number of hydrogen-bond donors (Lipinski definition) is 3. The van der Waals surface area contributed by atoms with E-state index in [4.69, 9.17) is 16.3 Å². The first-order chi connectivity index (χ1) is 16.7. The lowest BCUT2D eigenvalue weighted by Crippen LogP contribution is -2.17. The number of aliphatic imine (C=N–C) groups is 2. The second kappa shape index (κ2) is 12.9. The first-order valence-electron chi connectivity index (χ1n) is 11.0. The van der Waals surface area contributed by atoms with Crippen LogP contribution in [0.15, 0.2) is 76.0 Å². The number of nitrogens with zero attached hydrogens (tertiary/aromatic N) is 2. The number of nitrogens with one attached hydrogen (secondary N) is 3. The molecular formula is C25H31ClN5O3P. The summed E-state index contributed by atoms with van der Waals surface area (Å²) in [5.41, 5.74) is 1.68. The Morgan fingerprint density at radius 1 is 1.11 bits per heavy atom. The first-order valence-corrected chi connectivity index (χ1v) is 13.4. The van der Waals surface area contributed by atoms with Crippen LogP contribution in [0.2, 0.25) is 0 Å². The van der Waals surface area contributed by atoms with E-state index in [2.05, 4.69) is 39.2 Å². The first kappa shape index (κ1) is 27.9. The molecule has 1 amide bonds. The molecule has 0 atom stereocenters. The molecule has 2 rings (SSSR count). The Bertz CT molecular complexity index is 1200. The van der Waals surface area contributed by atoms with Gasteiger partial charge in [-0.25, -0.2) is 4.99 Å². The van der Waals surface area contributed by atoms with E-state index >= 15 is 0 Å². The molecule has 0 saturated carbocycles. The fraction of sp³-hybridized carbons (Fsp3) is 0.240. The highest BCUT2D eigenvalue weighted by Gasteiger charge is 2.23. The molecule has 0 heterocycles. The van der Waals surface area contributed by atoms with Gasteiger partial charge >= 0.3 is 0 Å². The summed E-state index contributed by atoms with van der Waals surface area (Å²) in [6.07, 6.45) is 2.27. The number of allylic oxidation sites excluding steroid dienone is 1. The summed E-state index contributed by atoms with van der Waals surface area (Å²) in [6.45, 7) is 12.6. The van der Waals surface area contributed by atoms with Crippen molar-refractivity contribution < 1.29 is 14.1 Å². The van der Waals surface area contributed by atoms with Gasteiger partial charge in [0.15, 0.2) is 0 Å². The SMILES string of the molecule is C=CC(=O)Nc1ccc(OC)c(NC(N=C)=N/C(Nc2ccccc2P(=O)(CC)CC)=C(\C)Cl)c1. The molecule has 0 spiro atoms. The van der Waals surface area contributed by atoms with Gasteiger partial charge < -0.3 is 25.3 Å². The molecule has 3 N–H and O–H groups in total. The summed E-state index contributed by atoms with van der Waals surface area (Å²) in [6, 6.07) is 12.5. The quantitative estimate of drug-likeness (QED) is 0.159. The van der Waals surface area contributed by atoms with Crippen LogP contribution in [0.25, 0.3) is 0 Å². The summed E-state index contributed by atoms with van der Waals surface area (Å²) in [7, 11) is -1.05. The van der Waals surface area contributed by atoms with Crippen LogP contribution in [0.3, 0.4) is 0 Å². The van der Waals surface area contributed by atoms with Crippen LogP contribution in [-0.2, 0) is 9.36 Å². The highest BCUT2D eigenvalue weighted by atomic mass is 35.5. The van der Waals surface area contributed by atoms with Gasteiger partial charge in [0.2, 0.25) is 11.9 Å². The summed E-state index contributed by atoms with van der Waals surface area (Å²) in [4.78, 5) is 20.2. The zero-order valence-corrected chi connectivity index (χ0v) is 22.0. The molecule has 0 saturated heterocycles. The van der Waals surface area contributed by atoms with E-state index in [1.807, 2.05) is 38.1 Å². The molecule has 2 aromatic rings. The van der Waals surface area contributed by atoms with Crippen LogP contribution in [0.1, 0.15) is 20.8 Å². The molecule has 0 aliphatic rings. The number of rotatable bonds is 10. The van der Waals surface area contributed by atoms with E-state index < -0.39 is 7.14 Å². The predicted molar refractivity (Wildman–Crippen MR) is 149 cm³/mol. The number of halogens is 1. The van der Waals surface area contributed by atoms with Crippen molar-refractivity contribution in [3.63, 3.8) is 0 Å². The Hall–Kier alpha value is -3.35. The number of benzene rings is 2. The minimum absolute atomic E-state index is 0.129. The topological polar surface area (TPSA) is 104 Å². The third-order valence-electron chi connectivity index (χ3n) is 5.21. The molecule has 0 radical (unpaired) electrons. The van der Waals surface area contributed by atoms with Crippen molar-refractivity contribution in [1.29, 1.82) is 0 Å². The lowest BCUT2D eigenvalue weighted by atomic mass is 10.2. The highest BCUT2D eigenvalue weighted by molar-refractivity contribution is 7.71. The Balaban J connectivity index is 2.44. The van der Waals surface area contributed by atoms with Crippen LogP contribution >= 0.6 is 18.7 Å². The Labute approximate surface area is 211 Å². The van der Waals surface area contributed by atoms with E-state index in [1.165, 1.54) is 13.2 Å². The summed E-state index contributed by atoms with van der Waals surface area (Å²) >= 11 is 6.36. The van der Waals surface area contributed by atoms with Gasteiger partial charge in [-0.1, -0.05) is 44.2 Å². The van der Waals surface area contributed by atoms with Crippen molar-refractivity contribution in [2.45, 2.75) is 20.8 Å². The average Bonchev–Trinajstić information content (AvgIpc) is 2.87. The number of para-hydroxylation sites is 1. The van der Waals surface area contributed by atoms with Crippen molar-refractivity contribution in [1.82, 2.24) is 0 Å². The molecule has 0 aliphatic heterocycles. The van der Waals surface area contributed by atoms with Crippen molar-refractivity contribution in [3.8, 4) is 5.75 Å². The molecule has 2 aromatic carbocycles. The third-order valence-corrected chi connectivity index (χ3v) is 8.70. The fourth-order valence-corrected chi connectivity index (χ4v) is 5.37. The Morgan fingerprint density at radius 2 is 1.80 bits per heavy atom. The Morgan fingerprint density at radius 3 is 2.37 bits per heavy atom. The van der Waals surface area contributed by atoms with Crippen molar-refractivity contribution >= 4 is 59.7 Å². The van der Waals surface area contributed by atoms with Crippen molar-refractivity contribution in [2.75, 3.05) is 35.4 Å². The molecule has 8 nitrogen and oxygen atoms in total. The Kier molecular flexibility index (Phi) is 10.3. The van der Waals surface area contributed by atoms with E-state index in [1.54, 1.807) is 25.1 Å². The van der Waals surface area contributed by atoms with E-state index in [0.29, 0.717) is 46.0 Å². The molecule has 186 valence electrons. The van der Waals surface area contributed by atoms with Gasteiger partial charge in [-0.3, -0.25) is 4.79 Å². The molecular weight excluding hydrogens is 485 g/mol. The van der Waals surface area contributed by atoms with Crippen LogP contribution in [0.5, 0.6) is 5.75 Å². The third kappa shape index (κ3) is 7.31. The average molecular weight is 516 g/mol. The minimum Gasteiger partial charge on any atom is -0.495 e. The van der Waals surface area contributed by atoms with E-state index in [-0.39, 0.29) is 11.9 Å². The summed E-state index contributed by atoms with van der Waals surface area (Å²) in [5, 5.41) is 10.1. The van der Waals surface area contributed by atoms with Gasteiger partial charge in [0.25, 0.3) is 0 Å². The number of methoxy groups -OCH3 is 1. The van der Waals surface area contributed by atoms with Gasteiger partial charge in [0, 0.05) is 23.3 Å². The normalized spacial score (nSPS) is 12.3. The number of guanidine groups is 1. The maximum atomic E-state index is 13.4. The molecule has 0 bridgehead atoms. The summed E-state index contributed by atoms with van der Waals surface area (Å²) in [5.74, 6) is 0.586. The number of amides is 1. The van der Waals surface area contributed by atoms with E-state index in [9.17, 15) is 9.36 Å². The van der Waals surface area contributed by atoms with Crippen molar-refractivity contribution in [3.05, 3.63) is 66.0 Å². The largest absolute Gasteiger partial charge is 0.495 e. The van der Waals surface area contributed by atoms with Gasteiger partial charge in [-0.05, 0) is 50.0 Å². The number of ether oxygens (including phenoxy) is 1. The number of hydrogen-bond acceptors (Lipinski definition) is 5. The number of carbonyl (C=O) groups is 1. The molecule has 0 fully saturated rings. The molecule has 0 aromatic heterocycles. The lowest BCUT2D eigenvalue weighted by molar-refractivity contribution is -0.111. The van der Waals surface area contributed by atoms with Gasteiger partial charge in [0.1, 0.15) is 18.7 Å². The zero-order chi connectivity index (χ0) is 26.0. The fourth-order valence-electron chi connectivity index (χ4n) is 3.22.